The molecular weight excluding hydrogens is 412 g/mol. The first kappa shape index (κ1) is 24.9. The molecule has 7 heteroatoms. The molecule has 0 spiro atoms. The Labute approximate surface area is 190 Å². The van der Waals surface area contributed by atoms with E-state index in [1.54, 1.807) is 7.11 Å². The van der Waals surface area contributed by atoms with Crippen LogP contribution in [0.3, 0.4) is 0 Å². The van der Waals surface area contributed by atoms with Crippen molar-refractivity contribution in [3.05, 3.63) is 23.3 Å². The number of carbonyl (C=O) groups is 2. The molecule has 0 saturated heterocycles. The zero-order valence-corrected chi connectivity index (χ0v) is 20.1. The Balaban J connectivity index is 2.30. The minimum atomic E-state index is -0.687. The van der Waals surface area contributed by atoms with Gasteiger partial charge in [0.15, 0.2) is 0 Å². The van der Waals surface area contributed by atoms with Crippen molar-refractivity contribution in [1.82, 2.24) is 0 Å². The van der Waals surface area contributed by atoms with Gasteiger partial charge in [-0.25, -0.2) is 0 Å². The van der Waals surface area contributed by atoms with Crippen LogP contribution in [0.25, 0.3) is 0 Å². The highest BCUT2D eigenvalue weighted by molar-refractivity contribution is 5.67. The van der Waals surface area contributed by atoms with Crippen LogP contribution in [0.2, 0.25) is 0 Å². The lowest BCUT2D eigenvalue weighted by molar-refractivity contribution is -0.183. The fraction of sp³-hybridized carbons (Fsp3) is 0.760. The van der Waals surface area contributed by atoms with Crippen LogP contribution >= 0.6 is 0 Å². The number of hydrogen-bond donors (Lipinski definition) is 2. The Hall–Kier alpha value is -1.70. The first-order chi connectivity index (χ1) is 14.9. The third-order valence-corrected chi connectivity index (χ3v) is 8.07. The molecule has 0 aromatic rings. The molecule has 2 saturated carbocycles. The van der Waals surface area contributed by atoms with E-state index in [1.807, 2.05) is 13.8 Å². The van der Waals surface area contributed by atoms with Gasteiger partial charge in [-0.3, -0.25) is 9.59 Å². The van der Waals surface area contributed by atoms with Crippen LogP contribution in [0.15, 0.2) is 23.3 Å². The van der Waals surface area contributed by atoms with Gasteiger partial charge in [0.25, 0.3) is 0 Å². The Bertz CT molecular complexity index is 813. The third-order valence-electron chi connectivity index (χ3n) is 8.07. The van der Waals surface area contributed by atoms with Crippen molar-refractivity contribution in [1.29, 1.82) is 0 Å². The van der Waals surface area contributed by atoms with Gasteiger partial charge in [-0.05, 0) is 46.8 Å². The van der Waals surface area contributed by atoms with Crippen LogP contribution in [-0.2, 0) is 23.8 Å². The van der Waals surface area contributed by atoms with Crippen LogP contribution in [0.5, 0.6) is 0 Å². The molecule has 0 aromatic carbocycles. The molecule has 2 N–H and O–H groups in total. The van der Waals surface area contributed by atoms with Crippen molar-refractivity contribution < 1.29 is 34.0 Å². The topological polar surface area (TPSA) is 102 Å². The van der Waals surface area contributed by atoms with Gasteiger partial charge in [-0.2, -0.15) is 0 Å². The molecule has 2 bridgehead atoms. The van der Waals surface area contributed by atoms with E-state index in [0.717, 1.165) is 11.1 Å². The fourth-order valence-corrected chi connectivity index (χ4v) is 6.89. The summed E-state index contributed by atoms with van der Waals surface area (Å²) in [6.45, 7) is 13.0. The van der Waals surface area contributed by atoms with Gasteiger partial charge in [0.05, 0.1) is 18.8 Å². The molecule has 3 aliphatic rings. The van der Waals surface area contributed by atoms with Crippen LogP contribution in [-0.4, -0.2) is 60.3 Å². The molecule has 180 valence electrons. The van der Waals surface area contributed by atoms with Gasteiger partial charge in [0, 0.05) is 39.2 Å². The van der Waals surface area contributed by atoms with Crippen LogP contribution in [0, 0.1) is 22.7 Å². The molecule has 0 radical (unpaired) electrons. The second kappa shape index (κ2) is 8.92. The van der Waals surface area contributed by atoms with Gasteiger partial charge in [-0.1, -0.05) is 27.4 Å². The molecule has 7 atom stereocenters. The molecule has 3 aliphatic carbocycles. The Morgan fingerprint density at radius 3 is 2.31 bits per heavy atom. The highest BCUT2D eigenvalue weighted by Gasteiger charge is 2.60. The third kappa shape index (κ3) is 4.15. The normalized spacial score (nSPS) is 38.9. The van der Waals surface area contributed by atoms with Crippen molar-refractivity contribution in [2.24, 2.45) is 22.7 Å². The lowest BCUT2D eigenvalue weighted by Gasteiger charge is -2.58. The average Bonchev–Trinajstić information content (AvgIpc) is 2.67. The lowest BCUT2D eigenvalue weighted by Crippen LogP contribution is -2.60. The second-order valence-electron chi connectivity index (χ2n) is 10.5. The van der Waals surface area contributed by atoms with E-state index in [4.69, 9.17) is 14.2 Å². The highest BCUT2D eigenvalue weighted by atomic mass is 16.6. The van der Waals surface area contributed by atoms with E-state index < -0.39 is 41.6 Å². The summed E-state index contributed by atoms with van der Waals surface area (Å²) in [6.07, 6.45) is 0.0814. The molecular formula is C25H38O7. The van der Waals surface area contributed by atoms with Crippen molar-refractivity contribution >= 4 is 11.9 Å². The number of hydrogen-bond acceptors (Lipinski definition) is 7. The zero-order chi connectivity index (χ0) is 24.0. The van der Waals surface area contributed by atoms with E-state index in [0.29, 0.717) is 31.3 Å². The molecule has 3 rings (SSSR count). The standard InChI is InChI=1S/C25H38O7/c1-13-17(29)8-9-25(6)11-19(30-7)21-16(12-26)10-18(31-14(2)27)22(24(21,4)5)23(20(13)25)32-15(3)28/h17-20,22-23,26,29H,1,8-12H2,2-7H3/t17-,18-,19-,20-,22-,23-,25-/m0/s1. The van der Waals surface area contributed by atoms with Gasteiger partial charge < -0.3 is 24.4 Å². The van der Waals surface area contributed by atoms with Crippen LogP contribution in [0.1, 0.15) is 60.3 Å². The quantitative estimate of drug-likeness (QED) is 0.501. The van der Waals surface area contributed by atoms with Crippen LogP contribution in [0.4, 0.5) is 0 Å². The van der Waals surface area contributed by atoms with Crippen molar-refractivity contribution in [3.8, 4) is 0 Å². The first-order valence-electron chi connectivity index (χ1n) is 11.4. The Kier molecular flexibility index (Phi) is 6.95. The van der Waals surface area contributed by atoms with Gasteiger partial charge in [0.1, 0.15) is 12.2 Å². The number of carbonyl (C=O) groups excluding carboxylic acids is 2. The van der Waals surface area contributed by atoms with E-state index in [-0.39, 0.29) is 24.0 Å². The predicted octanol–water partition coefficient (Wildman–Crippen LogP) is 2.94. The van der Waals surface area contributed by atoms with E-state index in [2.05, 4.69) is 13.5 Å². The molecule has 0 amide bonds. The number of ether oxygens (including phenoxy) is 3. The molecule has 32 heavy (non-hydrogen) atoms. The van der Waals surface area contributed by atoms with E-state index >= 15 is 0 Å². The average molecular weight is 451 g/mol. The summed E-state index contributed by atoms with van der Waals surface area (Å²) >= 11 is 0. The van der Waals surface area contributed by atoms with Crippen molar-refractivity contribution in [2.75, 3.05) is 13.7 Å². The smallest absolute Gasteiger partial charge is 0.302 e. The minimum absolute atomic E-state index is 0.160. The van der Waals surface area contributed by atoms with Gasteiger partial charge >= 0.3 is 11.9 Å². The fourth-order valence-electron chi connectivity index (χ4n) is 6.89. The Morgan fingerprint density at radius 1 is 1.16 bits per heavy atom. The Morgan fingerprint density at radius 2 is 1.78 bits per heavy atom. The van der Waals surface area contributed by atoms with E-state index in [9.17, 15) is 19.8 Å². The molecule has 2 fully saturated rings. The van der Waals surface area contributed by atoms with Crippen LogP contribution < -0.4 is 0 Å². The largest absolute Gasteiger partial charge is 0.462 e. The van der Waals surface area contributed by atoms with Gasteiger partial charge in [-0.15, -0.1) is 0 Å². The minimum Gasteiger partial charge on any atom is -0.462 e. The maximum absolute atomic E-state index is 12.3. The van der Waals surface area contributed by atoms with E-state index in [1.165, 1.54) is 13.8 Å². The summed E-state index contributed by atoms with van der Waals surface area (Å²) in [7, 11) is 1.67. The highest BCUT2D eigenvalue weighted by Crippen LogP contribution is 2.60. The maximum Gasteiger partial charge on any atom is 0.302 e. The predicted molar refractivity (Wildman–Crippen MR) is 118 cm³/mol. The lowest BCUT2D eigenvalue weighted by atomic mass is 9.50. The summed E-state index contributed by atoms with van der Waals surface area (Å²) < 4.78 is 17.8. The maximum atomic E-state index is 12.3. The number of aliphatic hydroxyl groups is 2. The molecule has 0 heterocycles. The summed E-state index contributed by atoms with van der Waals surface area (Å²) in [4.78, 5) is 24.4. The molecule has 0 aromatic heterocycles. The number of fused-ring (bicyclic) bond motifs is 3. The first-order valence-corrected chi connectivity index (χ1v) is 11.4. The zero-order valence-electron chi connectivity index (χ0n) is 20.1. The van der Waals surface area contributed by atoms with Gasteiger partial charge in [0.2, 0.25) is 0 Å². The number of methoxy groups -OCH3 is 1. The summed E-state index contributed by atoms with van der Waals surface area (Å²) in [5.41, 5.74) is 1.47. The SMILES string of the molecule is C=C1[C@@H](O)CC[C@@]2(C)C[C@H](OC)C3=C(CO)C[C@H](OC(C)=O)[C@@H]([C@@H](OC(C)=O)[C@H]12)C3(C)C. The molecule has 0 aliphatic heterocycles. The molecule has 0 unspecified atom stereocenters. The van der Waals surface area contributed by atoms with Crippen molar-refractivity contribution in [3.63, 3.8) is 0 Å². The molecule has 7 nitrogen and oxygen atoms in total. The van der Waals surface area contributed by atoms with Crippen molar-refractivity contribution in [2.45, 2.75) is 84.7 Å². The monoisotopic (exact) mass is 450 g/mol. The second-order valence-corrected chi connectivity index (χ2v) is 10.5. The number of esters is 2. The number of rotatable bonds is 4. The number of aliphatic hydroxyl groups excluding tert-OH is 2. The summed E-state index contributed by atoms with van der Waals surface area (Å²) in [6, 6.07) is 0. The summed E-state index contributed by atoms with van der Waals surface area (Å²) in [5.74, 6) is -1.58. The summed E-state index contributed by atoms with van der Waals surface area (Å²) in [5, 5.41) is 21.0.